The van der Waals surface area contributed by atoms with Gasteiger partial charge in [0, 0.05) is 39.6 Å². The Kier molecular flexibility index (Phi) is 6.24. The molecule has 8 rings (SSSR count). The van der Waals surface area contributed by atoms with Gasteiger partial charge in [-0.15, -0.1) is 0 Å². The van der Waals surface area contributed by atoms with Crippen molar-refractivity contribution in [2.75, 3.05) is 9.80 Å². The Hall–Kier alpha value is -6.00. The van der Waals surface area contributed by atoms with E-state index in [1.807, 2.05) is 78.9 Å². The highest BCUT2D eigenvalue weighted by molar-refractivity contribution is 6.19. The number of nitrogens with zero attached hydrogens (tertiary/aromatic N) is 2. The van der Waals surface area contributed by atoms with E-state index in [1.54, 1.807) is 0 Å². The molecule has 1 heterocycles. The van der Waals surface area contributed by atoms with Crippen molar-refractivity contribution < 1.29 is 9.52 Å². The molecule has 0 radical (unpaired) electrons. The van der Waals surface area contributed by atoms with Gasteiger partial charge in [0.05, 0.1) is 16.8 Å². The lowest BCUT2D eigenvalue weighted by Crippen LogP contribution is -2.09. The molecule has 0 aliphatic rings. The van der Waals surface area contributed by atoms with Crippen molar-refractivity contribution in [1.29, 1.82) is 0 Å². The highest BCUT2D eigenvalue weighted by Crippen LogP contribution is 2.46. The molecule has 44 heavy (non-hydrogen) atoms. The maximum atomic E-state index is 11.7. The second-order valence-electron chi connectivity index (χ2n) is 10.8. The standard InChI is InChI=1S/C40H28N2O2/c43-37-27-33(41(29-14-5-1-6-15-29)30-16-7-2-8-17-30)26-28-24-25-35-34-22-13-23-36(39(34)44-40(35)38(28)37)42(31-18-9-3-10-19-31)32-20-11-4-12-21-32/h1-27,43H. The molecule has 0 saturated heterocycles. The van der Waals surface area contributed by atoms with Crippen molar-refractivity contribution in [3.8, 4) is 5.75 Å². The fourth-order valence-corrected chi connectivity index (χ4v) is 6.15. The van der Waals surface area contributed by atoms with E-state index < -0.39 is 0 Å². The van der Waals surface area contributed by atoms with Gasteiger partial charge in [-0.3, -0.25) is 0 Å². The normalized spacial score (nSPS) is 11.3. The van der Waals surface area contributed by atoms with E-state index in [0.717, 1.165) is 55.9 Å². The van der Waals surface area contributed by atoms with Gasteiger partial charge in [-0.25, -0.2) is 0 Å². The van der Waals surface area contributed by atoms with Gasteiger partial charge in [-0.2, -0.15) is 0 Å². The molecular formula is C40H28N2O2. The minimum atomic E-state index is 0.170. The van der Waals surface area contributed by atoms with Crippen LogP contribution in [0.15, 0.2) is 168 Å². The molecule has 0 aliphatic carbocycles. The molecule has 0 aliphatic heterocycles. The highest BCUT2D eigenvalue weighted by atomic mass is 16.3. The number of aromatic hydroxyl groups is 1. The van der Waals surface area contributed by atoms with Crippen LogP contribution in [-0.2, 0) is 0 Å². The predicted octanol–water partition coefficient (Wildman–Crippen LogP) is 11.4. The molecule has 210 valence electrons. The number of furan rings is 1. The lowest BCUT2D eigenvalue weighted by Gasteiger charge is -2.26. The molecule has 0 atom stereocenters. The zero-order valence-corrected chi connectivity index (χ0v) is 23.8. The quantitative estimate of drug-likeness (QED) is 0.217. The van der Waals surface area contributed by atoms with Gasteiger partial charge >= 0.3 is 0 Å². The van der Waals surface area contributed by atoms with E-state index in [-0.39, 0.29) is 5.75 Å². The summed E-state index contributed by atoms with van der Waals surface area (Å²) < 4.78 is 6.76. The van der Waals surface area contributed by atoms with Crippen molar-refractivity contribution in [3.05, 3.63) is 164 Å². The zero-order chi connectivity index (χ0) is 29.5. The van der Waals surface area contributed by atoms with E-state index in [1.165, 1.54) is 0 Å². The van der Waals surface area contributed by atoms with Gasteiger partial charge in [0.15, 0.2) is 5.58 Å². The number of phenolic OH excluding ortho intramolecular Hbond substituents is 1. The Morgan fingerprint density at radius 3 is 1.45 bits per heavy atom. The summed E-state index contributed by atoms with van der Waals surface area (Å²) >= 11 is 0. The number of para-hydroxylation sites is 5. The second kappa shape index (κ2) is 10.7. The molecular weight excluding hydrogens is 540 g/mol. The minimum Gasteiger partial charge on any atom is -0.507 e. The Morgan fingerprint density at radius 2 is 0.909 bits per heavy atom. The first-order chi connectivity index (χ1) is 21.8. The molecule has 0 unspecified atom stereocenters. The fourth-order valence-electron chi connectivity index (χ4n) is 6.15. The lowest BCUT2D eigenvalue weighted by atomic mass is 10.0. The van der Waals surface area contributed by atoms with Gasteiger partial charge in [-0.05, 0) is 72.1 Å². The number of benzene rings is 7. The van der Waals surface area contributed by atoms with Gasteiger partial charge in [-0.1, -0.05) is 91.0 Å². The Morgan fingerprint density at radius 1 is 0.409 bits per heavy atom. The first kappa shape index (κ1) is 25.7. The summed E-state index contributed by atoms with van der Waals surface area (Å²) in [6.07, 6.45) is 0. The topological polar surface area (TPSA) is 39.9 Å². The van der Waals surface area contributed by atoms with Crippen LogP contribution in [0.5, 0.6) is 5.75 Å². The summed E-state index contributed by atoms with van der Waals surface area (Å²) in [7, 11) is 0. The maximum absolute atomic E-state index is 11.7. The van der Waals surface area contributed by atoms with Crippen molar-refractivity contribution in [2.45, 2.75) is 0 Å². The zero-order valence-electron chi connectivity index (χ0n) is 23.8. The van der Waals surface area contributed by atoms with Crippen LogP contribution in [-0.4, -0.2) is 5.11 Å². The molecule has 0 amide bonds. The molecule has 7 aromatic carbocycles. The molecule has 0 bridgehead atoms. The van der Waals surface area contributed by atoms with E-state index in [0.29, 0.717) is 11.0 Å². The van der Waals surface area contributed by atoms with Gasteiger partial charge in [0.2, 0.25) is 0 Å². The van der Waals surface area contributed by atoms with E-state index in [9.17, 15) is 5.11 Å². The van der Waals surface area contributed by atoms with Crippen LogP contribution in [0.4, 0.5) is 34.1 Å². The van der Waals surface area contributed by atoms with Crippen molar-refractivity contribution in [3.63, 3.8) is 0 Å². The molecule has 0 spiro atoms. The van der Waals surface area contributed by atoms with E-state index >= 15 is 0 Å². The number of anilines is 6. The molecule has 4 heteroatoms. The first-order valence-corrected chi connectivity index (χ1v) is 14.7. The number of hydrogen-bond acceptors (Lipinski definition) is 4. The Labute approximate surface area is 255 Å². The average molecular weight is 569 g/mol. The van der Waals surface area contributed by atoms with Gasteiger partial charge in [0.1, 0.15) is 11.3 Å². The summed E-state index contributed by atoms with van der Waals surface area (Å²) in [4.78, 5) is 4.36. The number of rotatable bonds is 6. The van der Waals surface area contributed by atoms with E-state index in [2.05, 4.69) is 94.7 Å². The van der Waals surface area contributed by atoms with Crippen LogP contribution in [0, 0.1) is 0 Å². The van der Waals surface area contributed by atoms with Crippen LogP contribution in [0.25, 0.3) is 32.7 Å². The van der Waals surface area contributed by atoms with Crippen molar-refractivity contribution >= 4 is 66.8 Å². The molecule has 1 N–H and O–H groups in total. The van der Waals surface area contributed by atoms with Crippen LogP contribution >= 0.6 is 0 Å². The van der Waals surface area contributed by atoms with Crippen LogP contribution in [0.2, 0.25) is 0 Å². The maximum Gasteiger partial charge on any atom is 0.159 e. The van der Waals surface area contributed by atoms with Crippen LogP contribution in [0.3, 0.4) is 0 Å². The third-order valence-electron chi connectivity index (χ3n) is 8.08. The largest absolute Gasteiger partial charge is 0.507 e. The fraction of sp³-hybridized carbons (Fsp3) is 0. The third-order valence-corrected chi connectivity index (χ3v) is 8.08. The number of hydrogen-bond donors (Lipinski definition) is 1. The van der Waals surface area contributed by atoms with Crippen molar-refractivity contribution in [1.82, 2.24) is 0 Å². The summed E-state index contributed by atoms with van der Waals surface area (Å²) in [6.45, 7) is 0. The minimum absolute atomic E-state index is 0.170. The van der Waals surface area contributed by atoms with Crippen molar-refractivity contribution in [2.24, 2.45) is 0 Å². The third kappa shape index (κ3) is 4.32. The lowest BCUT2D eigenvalue weighted by molar-refractivity contribution is 0.481. The van der Waals surface area contributed by atoms with Gasteiger partial charge in [0.25, 0.3) is 0 Å². The molecule has 4 nitrogen and oxygen atoms in total. The summed E-state index contributed by atoms with van der Waals surface area (Å²) in [6, 6.07) is 55.4. The molecule has 0 fully saturated rings. The number of fused-ring (bicyclic) bond motifs is 5. The molecule has 1 aromatic heterocycles. The first-order valence-electron chi connectivity index (χ1n) is 14.7. The monoisotopic (exact) mass is 568 g/mol. The SMILES string of the molecule is Oc1cc(N(c2ccccc2)c2ccccc2)cc2ccc3c4cccc(N(c5ccccc5)c5ccccc5)c4oc3c12. The smallest absolute Gasteiger partial charge is 0.159 e. The van der Waals surface area contributed by atoms with Gasteiger partial charge < -0.3 is 19.3 Å². The Balaban J connectivity index is 1.34. The summed E-state index contributed by atoms with van der Waals surface area (Å²) in [5.41, 5.74) is 7.31. The summed E-state index contributed by atoms with van der Waals surface area (Å²) in [5, 5.41) is 15.2. The highest BCUT2D eigenvalue weighted by Gasteiger charge is 2.22. The average Bonchev–Trinajstić information content (AvgIpc) is 3.46. The number of phenols is 1. The summed E-state index contributed by atoms with van der Waals surface area (Å²) in [5.74, 6) is 0.170. The second-order valence-corrected chi connectivity index (χ2v) is 10.8. The van der Waals surface area contributed by atoms with E-state index in [4.69, 9.17) is 4.42 Å². The van der Waals surface area contributed by atoms with Crippen LogP contribution in [0.1, 0.15) is 0 Å². The predicted molar refractivity (Wildman–Crippen MR) is 182 cm³/mol. The molecule has 8 aromatic rings. The van der Waals surface area contributed by atoms with Crippen LogP contribution < -0.4 is 9.80 Å². The molecule has 0 saturated carbocycles. The Bertz CT molecular complexity index is 2150.